The molecular weight excluding hydrogens is 300 g/mol. The van der Waals surface area contributed by atoms with Gasteiger partial charge in [0.2, 0.25) is 11.8 Å². The molecule has 0 radical (unpaired) electrons. The zero-order chi connectivity index (χ0) is 16.8. The summed E-state index contributed by atoms with van der Waals surface area (Å²) in [6.45, 7) is 2.09. The lowest BCUT2D eigenvalue weighted by Crippen LogP contribution is -2.32. The molecule has 1 N–H and O–H groups in total. The Bertz CT molecular complexity index is 756. The molecule has 0 atom stereocenters. The van der Waals surface area contributed by atoms with Crippen LogP contribution >= 0.6 is 0 Å². The van der Waals surface area contributed by atoms with E-state index >= 15 is 0 Å². The van der Waals surface area contributed by atoms with E-state index in [1.807, 2.05) is 41.3 Å². The molecule has 0 bridgehead atoms. The summed E-state index contributed by atoms with van der Waals surface area (Å²) in [7, 11) is 0. The van der Waals surface area contributed by atoms with Crippen LogP contribution in [0, 0.1) is 0 Å². The average Bonchev–Trinajstić information content (AvgIpc) is 3.14. The highest BCUT2D eigenvalue weighted by molar-refractivity contribution is 5.96. The van der Waals surface area contributed by atoms with Gasteiger partial charge in [-0.15, -0.1) is 0 Å². The Hall–Kier alpha value is -2.62. The predicted octanol–water partition coefficient (Wildman–Crippen LogP) is 2.98. The highest BCUT2D eigenvalue weighted by Gasteiger charge is 2.17. The molecule has 2 aromatic carbocycles. The van der Waals surface area contributed by atoms with Gasteiger partial charge in [0.25, 0.3) is 0 Å². The van der Waals surface area contributed by atoms with Crippen LogP contribution in [0.2, 0.25) is 0 Å². The van der Waals surface area contributed by atoms with Crippen LogP contribution in [0.1, 0.15) is 24.8 Å². The number of hydrogen-bond donors (Lipinski definition) is 1. The lowest BCUT2D eigenvalue weighted by atomic mass is 10.0. The van der Waals surface area contributed by atoms with E-state index in [2.05, 4.69) is 17.4 Å². The Morgan fingerprint density at radius 2 is 1.79 bits per heavy atom. The number of nitrogens with one attached hydrogen (secondary N) is 1. The average molecular weight is 322 g/mol. The Morgan fingerprint density at radius 3 is 2.62 bits per heavy atom. The Kier molecular flexibility index (Phi) is 5.26. The molecule has 3 rings (SSSR count). The van der Waals surface area contributed by atoms with Gasteiger partial charge in [-0.3, -0.25) is 9.59 Å². The Morgan fingerprint density at radius 1 is 1.04 bits per heavy atom. The fourth-order valence-electron chi connectivity index (χ4n) is 3.04. The van der Waals surface area contributed by atoms with E-state index in [9.17, 15) is 9.59 Å². The molecule has 0 aliphatic carbocycles. The van der Waals surface area contributed by atoms with Crippen molar-refractivity contribution in [1.29, 1.82) is 0 Å². The van der Waals surface area contributed by atoms with Gasteiger partial charge < -0.3 is 10.2 Å². The second kappa shape index (κ2) is 7.77. The van der Waals surface area contributed by atoms with Crippen molar-refractivity contribution in [3.05, 3.63) is 54.1 Å². The van der Waals surface area contributed by atoms with E-state index in [4.69, 9.17) is 0 Å². The molecule has 0 spiro atoms. The molecule has 1 fully saturated rings. The third kappa shape index (κ3) is 4.02. The van der Waals surface area contributed by atoms with Crippen molar-refractivity contribution >= 4 is 28.7 Å². The van der Waals surface area contributed by atoms with Gasteiger partial charge in [0.1, 0.15) is 0 Å². The lowest BCUT2D eigenvalue weighted by Gasteiger charge is -2.14. The minimum absolute atomic E-state index is 0.130. The molecule has 1 heterocycles. The van der Waals surface area contributed by atoms with Gasteiger partial charge in [-0.25, -0.2) is 0 Å². The summed E-state index contributed by atoms with van der Waals surface area (Å²) in [5.74, 6) is -0.0389. The quantitative estimate of drug-likeness (QED) is 0.860. The molecule has 0 aromatic heterocycles. The van der Waals surface area contributed by atoms with E-state index in [0.717, 1.165) is 42.3 Å². The number of carbonyl (C=O) groups is 2. The molecule has 2 amide bonds. The van der Waals surface area contributed by atoms with Crippen molar-refractivity contribution in [2.24, 2.45) is 0 Å². The number of benzene rings is 2. The molecule has 4 heteroatoms. The van der Waals surface area contributed by atoms with Crippen molar-refractivity contribution < 1.29 is 9.59 Å². The third-order valence-corrected chi connectivity index (χ3v) is 4.33. The zero-order valence-corrected chi connectivity index (χ0v) is 13.7. The SMILES string of the molecule is O=C(/C=C/c1cccc2ccccc12)NCCC(=O)N1CCCC1. The van der Waals surface area contributed by atoms with E-state index in [0.29, 0.717) is 13.0 Å². The van der Waals surface area contributed by atoms with Crippen LogP contribution in [-0.4, -0.2) is 36.3 Å². The second-order valence-corrected chi connectivity index (χ2v) is 6.03. The molecule has 0 saturated carbocycles. The molecule has 1 saturated heterocycles. The van der Waals surface area contributed by atoms with Crippen molar-refractivity contribution in [2.45, 2.75) is 19.3 Å². The van der Waals surface area contributed by atoms with Gasteiger partial charge in [0.15, 0.2) is 0 Å². The maximum absolute atomic E-state index is 11.9. The molecule has 1 aliphatic heterocycles. The first-order valence-corrected chi connectivity index (χ1v) is 8.45. The van der Waals surface area contributed by atoms with Crippen molar-refractivity contribution in [3.63, 3.8) is 0 Å². The third-order valence-electron chi connectivity index (χ3n) is 4.33. The maximum atomic E-state index is 11.9. The van der Waals surface area contributed by atoms with Crippen LogP contribution in [0.15, 0.2) is 48.5 Å². The Balaban J connectivity index is 1.52. The van der Waals surface area contributed by atoms with Crippen LogP contribution in [0.5, 0.6) is 0 Å². The molecule has 4 nitrogen and oxygen atoms in total. The smallest absolute Gasteiger partial charge is 0.244 e. The first-order valence-electron chi connectivity index (χ1n) is 8.45. The lowest BCUT2D eigenvalue weighted by molar-refractivity contribution is -0.130. The molecule has 2 aromatic rings. The molecular formula is C20H22N2O2. The molecule has 0 unspecified atom stereocenters. The second-order valence-electron chi connectivity index (χ2n) is 6.03. The fraction of sp³-hybridized carbons (Fsp3) is 0.300. The maximum Gasteiger partial charge on any atom is 0.244 e. The summed E-state index contributed by atoms with van der Waals surface area (Å²) < 4.78 is 0. The van der Waals surface area contributed by atoms with Gasteiger partial charge in [-0.2, -0.15) is 0 Å². The topological polar surface area (TPSA) is 49.4 Å². The minimum Gasteiger partial charge on any atom is -0.352 e. The van der Waals surface area contributed by atoms with Gasteiger partial charge in [-0.1, -0.05) is 42.5 Å². The number of likely N-dealkylation sites (tertiary alicyclic amines) is 1. The fourth-order valence-corrected chi connectivity index (χ4v) is 3.04. The largest absolute Gasteiger partial charge is 0.352 e. The molecule has 124 valence electrons. The summed E-state index contributed by atoms with van der Waals surface area (Å²) >= 11 is 0. The number of fused-ring (bicyclic) bond motifs is 1. The van der Waals surface area contributed by atoms with Crippen molar-refractivity contribution in [3.8, 4) is 0 Å². The van der Waals surface area contributed by atoms with Gasteiger partial charge in [0, 0.05) is 32.1 Å². The number of amides is 2. The first kappa shape index (κ1) is 16.2. The minimum atomic E-state index is -0.169. The summed E-state index contributed by atoms with van der Waals surface area (Å²) in [5.41, 5.74) is 1.01. The summed E-state index contributed by atoms with van der Waals surface area (Å²) in [6, 6.07) is 14.1. The van der Waals surface area contributed by atoms with Crippen molar-refractivity contribution in [2.75, 3.05) is 19.6 Å². The highest BCUT2D eigenvalue weighted by Crippen LogP contribution is 2.19. The monoisotopic (exact) mass is 322 g/mol. The number of nitrogens with zero attached hydrogens (tertiary/aromatic N) is 1. The van der Waals surface area contributed by atoms with Gasteiger partial charge >= 0.3 is 0 Å². The van der Waals surface area contributed by atoms with E-state index in [1.54, 1.807) is 0 Å². The first-order chi connectivity index (χ1) is 11.7. The standard InChI is InChI=1S/C20H22N2O2/c23-19(21-13-12-20(24)22-14-3-4-15-22)11-10-17-8-5-7-16-6-1-2-9-18(16)17/h1-2,5-11H,3-4,12-15H2,(H,21,23)/b11-10+. The van der Waals surface area contributed by atoms with Crippen LogP contribution in [0.4, 0.5) is 0 Å². The van der Waals surface area contributed by atoms with E-state index in [1.165, 1.54) is 6.08 Å². The predicted molar refractivity (Wildman–Crippen MR) is 96.4 cm³/mol. The Labute approximate surface area is 142 Å². The van der Waals surface area contributed by atoms with Gasteiger partial charge in [0.05, 0.1) is 0 Å². The van der Waals surface area contributed by atoms with Crippen LogP contribution in [0.25, 0.3) is 16.8 Å². The zero-order valence-electron chi connectivity index (χ0n) is 13.7. The number of carbonyl (C=O) groups excluding carboxylic acids is 2. The summed E-state index contributed by atoms with van der Waals surface area (Å²) in [6.07, 6.45) is 5.90. The van der Waals surface area contributed by atoms with E-state index in [-0.39, 0.29) is 11.8 Å². The van der Waals surface area contributed by atoms with E-state index < -0.39 is 0 Å². The van der Waals surface area contributed by atoms with Crippen LogP contribution < -0.4 is 5.32 Å². The number of hydrogen-bond acceptors (Lipinski definition) is 2. The van der Waals surface area contributed by atoms with Gasteiger partial charge in [-0.05, 0) is 35.3 Å². The summed E-state index contributed by atoms with van der Waals surface area (Å²) in [5, 5.41) is 5.05. The molecule has 1 aliphatic rings. The van der Waals surface area contributed by atoms with Crippen LogP contribution in [-0.2, 0) is 9.59 Å². The molecule has 24 heavy (non-hydrogen) atoms. The summed E-state index contributed by atoms with van der Waals surface area (Å²) in [4.78, 5) is 25.7. The number of rotatable bonds is 5. The van der Waals surface area contributed by atoms with Crippen LogP contribution in [0.3, 0.4) is 0 Å². The highest BCUT2D eigenvalue weighted by atomic mass is 16.2. The van der Waals surface area contributed by atoms with Crippen molar-refractivity contribution in [1.82, 2.24) is 10.2 Å². The normalized spacial score (nSPS) is 14.4.